The maximum Gasteiger partial charge on any atom is 0.148 e. The zero-order chi connectivity index (χ0) is 13.7. The molecule has 1 unspecified atom stereocenters. The third-order valence-electron chi connectivity index (χ3n) is 2.66. The molecule has 2 rings (SSSR count). The van der Waals surface area contributed by atoms with E-state index in [1.165, 1.54) is 0 Å². The van der Waals surface area contributed by atoms with Crippen molar-refractivity contribution >= 4 is 5.82 Å². The number of aliphatic hydroxyl groups is 1. The fourth-order valence-electron chi connectivity index (χ4n) is 1.69. The Morgan fingerprint density at radius 3 is 2.95 bits per heavy atom. The molecule has 1 aromatic carbocycles. The van der Waals surface area contributed by atoms with Gasteiger partial charge in [0.05, 0.1) is 0 Å². The van der Waals surface area contributed by atoms with Gasteiger partial charge >= 0.3 is 0 Å². The predicted molar refractivity (Wildman–Crippen MR) is 74.4 cm³/mol. The Kier molecular flexibility index (Phi) is 4.41. The highest BCUT2D eigenvalue weighted by molar-refractivity contribution is 5.32. The minimum atomic E-state index is -0.581. The van der Waals surface area contributed by atoms with Gasteiger partial charge in [0.25, 0.3) is 0 Å². The van der Waals surface area contributed by atoms with Crippen LogP contribution in [0.1, 0.15) is 5.56 Å². The van der Waals surface area contributed by atoms with Crippen LogP contribution in [0.2, 0.25) is 0 Å². The fourth-order valence-corrected chi connectivity index (χ4v) is 1.69. The fraction of sp³-hybridized carbons (Fsp3) is 0.357. The summed E-state index contributed by atoms with van der Waals surface area (Å²) in [6.07, 6.45) is 1.26. The molecule has 0 saturated carbocycles. The largest absolute Gasteiger partial charge is 0.491 e. The summed E-state index contributed by atoms with van der Waals surface area (Å²) in [5.41, 5.74) is 1.14. The van der Waals surface area contributed by atoms with Crippen molar-refractivity contribution in [3.05, 3.63) is 42.1 Å². The minimum Gasteiger partial charge on any atom is -0.491 e. The van der Waals surface area contributed by atoms with Gasteiger partial charge in [0.15, 0.2) is 0 Å². The molecular weight excluding hydrogens is 242 g/mol. The van der Waals surface area contributed by atoms with Crippen molar-refractivity contribution in [3.63, 3.8) is 0 Å². The third kappa shape index (κ3) is 4.30. The highest BCUT2D eigenvalue weighted by Crippen LogP contribution is 2.12. The van der Waals surface area contributed by atoms with Crippen LogP contribution in [0.3, 0.4) is 0 Å². The van der Waals surface area contributed by atoms with Gasteiger partial charge in [-0.2, -0.15) is 5.10 Å². The molecule has 5 heteroatoms. The number of anilines is 1. The molecule has 5 nitrogen and oxygen atoms in total. The van der Waals surface area contributed by atoms with Gasteiger partial charge in [-0.05, 0) is 24.6 Å². The van der Waals surface area contributed by atoms with Crippen molar-refractivity contribution in [3.8, 4) is 5.75 Å². The first-order valence-electron chi connectivity index (χ1n) is 6.24. The van der Waals surface area contributed by atoms with Crippen LogP contribution >= 0.6 is 0 Å². The Hall–Kier alpha value is -2.01. The van der Waals surface area contributed by atoms with Crippen LogP contribution in [0.15, 0.2) is 36.5 Å². The zero-order valence-corrected chi connectivity index (χ0v) is 11.2. The highest BCUT2D eigenvalue weighted by atomic mass is 16.5. The molecule has 0 amide bonds. The van der Waals surface area contributed by atoms with E-state index in [4.69, 9.17) is 4.74 Å². The van der Waals surface area contributed by atoms with Gasteiger partial charge in [-0.1, -0.05) is 12.1 Å². The van der Waals surface area contributed by atoms with E-state index in [0.717, 1.165) is 17.1 Å². The number of aryl methyl sites for hydroxylation is 2. The van der Waals surface area contributed by atoms with Crippen molar-refractivity contribution in [2.24, 2.45) is 7.05 Å². The van der Waals surface area contributed by atoms with E-state index in [9.17, 15) is 5.11 Å². The number of aliphatic hydroxyl groups excluding tert-OH is 1. The molecule has 1 heterocycles. The van der Waals surface area contributed by atoms with Gasteiger partial charge in [0.2, 0.25) is 0 Å². The molecule has 0 saturated heterocycles. The lowest BCUT2D eigenvalue weighted by atomic mass is 10.2. The van der Waals surface area contributed by atoms with Crippen molar-refractivity contribution in [1.29, 1.82) is 0 Å². The molecule has 1 atom stereocenters. The van der Waals surface area contributed by atoms with Crippen molar-refractivity contribution < 1.29 is 9.84 Å². The number of aromatic nitrogens is 2. The number of benzene rings is 1. The first kappa shape index (κ1) is 13.4. The summed E-state index contributed by atoms with van der Waals surface area (Å²) in [7, 11) is 1.85. The summed E-state index contributed by atoms with van der Waals surface area (Å²) in [4.78, 5) is 0. The summed E-state index contributed by atoms with van der Waals surface area (Å²) >= 11 is 0. The molecule has 2 N–H and O–H groups in total. The lowest BCUT2D eigenvalue weighted by Gasteiger charge is -2.13. The molecule has 102 valence electrons. The molecule has 0 aliphatic carbocycles. The normalized spacial score (nSPS) is 12.2. The van der Waals surface area contributed by atoms with Crippen LogP contribution in [0.4, 0.5) is 5.82 Å². The quantitative estimate of drug-likeness (QED) is 0.829. The van der Waals surface area contributed by atoms with Crippen LogP contribution in [0, 0.1) is 6.92 Å². The maximum atomic E-state index is 9.83. The van der Waals surface area contributed by atoms with Crippen molar-refractivity contribution in [2.75, 3.05) is 18.5 Å². The molecule has 0 aliphatic rings. The standard InChI is InChI=1S/C14H19N3O2/c1-11-4-3-5-13(8-11)19-10-12(18)9-15-14-6-7-17(2)16-14/h3-8,12,18H,9-10H2,1-2H3,(H,15,16). The van der Waals surface area contributed by atoms with E-state index in [2.05, 4.69) is 10.4 Å². The monoisotopic (exact) mass is 261 g/mol. The van der Waals surface area contributed by atoms with E-state index in [-0.39, 0.29) is 6.61 Å². The molecular formula is C14H19N3O2. The average molecular weight is 261 g/mol. The Morgan fingerprint density at radius 2 is 2.26 bits per heavy atom. The Balaban J connectivity index is 1.74. The van der Waals surface area contributed by atoms with E-state index in [1.54, 1.807) is 4.68 Å². The van der Waals surface area contributed by atoms with Crippen LogP contribution in [0.25, 0.3) is 0 Å². The lowest BCUT2D eigenvalue weighted by molar-refractivity contribution is 0.117. The van der Waals surface area contributed by atoms with E-state index < -0.39 is 6.10 Å². The molecule has 2 aromatic rings. The molecule has 0 spiro atoms. The average Bonchev–Trinajstić information content (AvgIpc) is 2.80. The van der Waals surface area contributed by atoms with Gasteiger partial charge in [-0.25, -0.2) is 0 Å². The summed E-state index contributed by atoms with van der Waals surface area (Å²) in [5.74, 6) is 1.52. The van der Waals surface area contributed by atoms with E-state index in [1.807, 2.05) is 50.5 Å². The highest BCUT2D eigenvalue weighted by Gasteiger charge is 2.06. The molecule has 0 aliphatic heterocycles. The van der Waals surface area contributed by atoms with Gasteiger partial charge < -0.3 is 15.2 Å². The van der Waals surface area contributed by atoms with Crippen molar-refractivity contribution in [2.45, 2.75) is 13.0 Å². The van der Waals surface area contributed by atoms with Gasteiger partial charge in [0, 0.05) is 25.9 Å². The number of hydrogen-bond donors (Lipinski definition) is 2. The number of ether oxygens (including phenoxy) is 1. The van der Waals surface area contributed by atoms with E-state index in [0.29, 0.717) is 6.54 Å². The number of hydrogen-bond acceptors (Lipinski definition) is 4. The lowest BCUT2D eigenvalue weighted by Crippen LogP contribution is -2.26. The second-order valence-corrected chi connectivity index (χ2v) is 4.54. The topological polar surface area (TPSA) is 59.3 Å². The molecule has 1 aromatic heterocycles. The van der Waals surface area contributed by atoms with Gasteiger partial charge in [-0.15, -0.1) is 0 Å². The molecule has 0 radical (unpaired) electrons. The van der Waals surface area contributed by atoms with Crippen molar-refractivity contribution in [1.82, 2.24) is 9.78 Å². The number of nitrogens with one attached hydrogen (secondary N) is 1. The maximum absolute atomic E-state index is 9.83. The first-order chi connectivity index (χ1) is 9.13. The minimum absolute atomic E-state index is 0.253. The van der Waals surface area contributed by atoms with E-state index >= 15 is 0 Å². The first-order valence-corrected chi connectivity index (χ1v) is 6.24. The second kappa shape index (κ2) is 6.24. The number of rotatable bonds is 6. The van der Waals surface area contributed by atoms with Crippen LogP contribution in [-0.2, 0) is 7.05 Å². The zero-order valence-electron chi connectivity index (χ0n) is 11.2. The van der Waals surface area contributed by atoms with Crippen LogP contribution in [-0.4, -0.2) is 34.1 Å². The molecule has 0 bridgehead atoms. The predicted octanol–water partition coefficient (Wildman–Crippen LogP) is 1.58. The Bertz CT molecular complexity index is 525. The summed E-state index contributed by atoms with van der Waals surface area (Å²) < 4.78 is 7.23. The SMILES string of the molecule is Cc1cccc(OCC(O)CNc2ccn(C)n2)c1. The Labute approximate surface area is 112 Å². The summed E-state index contributed by atoms with van der Waals surface area (Å²) in [6.45, 7) is 2.66. The summed E-state index contributed by atoms with van der Waals surface area (Å²) in [6, 6.07) is 9.62. The third-order valence-corrected chi connectivity index (χ3v) is 2.66. The Morgan fingerprint density at radius 1 is 1.42 bits per heavy atom. The smallest absolute Gasteiger partial charge is 0.148 e. The summed E-state index contributed by atoms with van der Waals surface area (Å²) in [5, 5.41) is 17.0. The second-order valence-electron chi connectivity index (χ2n) is 4.54. The van der Waals surface area contributed by atoms with Gasteiger partial charge in [-0.3, -0.25) is 4.68 Å². The molecule has 19 heavy (non-hydrogen) atoms. The number of nitrogens with zero attached hydrogens (tertiary/aromatic N) is 2. The van der Waals surface area contributed by atoms with Crippen LogP contribution < -0.4 is 10.1 Å². The van der Waals surface area contributed by atoms with Gasteiger partial charge in [0.1, 0.15) is 24.3 Å². The van der Waals surface area contributed by atoms with Crippen LogP contribution in [0.5, 0.6) is 5.75 Å². The molecule has 0 fully saturated rings.